The Kier molecular flexibility index (Phi) is 13.0. The van der Waals surface area contributed by atoms with Crippen molar-refractivity contribution in [3.05, 3.63) is 48.7 Å². The fourth-order valence-corrected chi connectivity index (χ4v) is 9.21. The molecule has 2 saturated carbocycles. The first-order valence-electron chi connectivity index (χ1n) is 19.9. The van der Waals surface area contributed by atoms with Crippen LogP contribution in [0, 0.1) is 11.8 Å². The number of amides is 5. The topological polar surface area (TPSA) is 200 Å². The molecule has 4 heterocycles. The monoisotopic (exact) mass is 793 g/mol. The Morgan fingerprint density at radius 1 is 1.12 bits per heavy atom. The summed E-state index contributed by atoms with van der Waals surface area (Å²) in [5.74, 6) is -2.59. The lowest BCUT2D eigenvalue weighted by atomic mass is 9.85. The number of sulfonamides is 1. The van der Waals surface area contributed by atoms with Crippen LogP contribution in [-0.4, -0.2) is 112 Å². The number of nitrogens with one attached hydrogen (secondary N) is 3. The minimum Gasteiger partial charge on any atom is -0.472 e. The lowest BCUT2D eigenvalue weighted by Gasteiger charge is -2.36. The maximum absolute atomic E-state index is 14.8. The zero-order chi connectivity index (χ0) is 40.0. The van der Waals surface area contributed by atoms with Crippen molar-refractivity contribution in [3.8, 4) is 5.88 Å². The number of aromatic nitrogens is 2. The normalized spacial score (nSPS) is 22.5. The summed E-state index contributed by atoms with van der Waals surface area (Å²) in [6.07, 6.45) is 13.3. The Bertz CT molecular complexity index is 1930. The van der Waals surface area contributed by atoms with Gasteiger partial charge in [0.15, 0.2) is 5.65 Å². The molecule has 0 bridgehead atoms. The number of allylic oxidation sites excluding steroid dienone is 1. The lowest BCUT2D eigenvalue weighted by molar-refractivity contribution is -0.143. The number of aliphatic hydroxyl groups is 1. The number of rotatable bonds is 16. The zero-order valence-corrected chi connectivity index (χ0v) is 33.1. The van der Waals surface area contributed by atoms with Crippen LogP contribution >= 0.6 is 0 Å². The Morgan fingerprint density at radius 2 is 1.86 bits per heavy atom. The lowest BCUT2D eigenvalue weighted by Crippen LogP contribution is -2.64. The van der Waals surface area contributed by atoms with Gasteiger partial charge in [0.25, 0.3) is 5.91 Å². The van der Waals surface area contributed by atoms with Crippen LogP contribution in [0.1, 0.15) is 90.0 Å². The molecule has 304 valence electrons. The number of unbranched alkanes of at least 4 members (excludes halogenated alkanes) is 1. The van der Waals surface area contributed by atoms with Gasteiger partial charge < -0.3 is 30.3 Å². The molecule has 4 fully saturated rings. The number of nitrogens with zero attached hydrogens (tertiary/aromatic N) is 4. The summed E-state index contributed by atoms with van der Waals surface area (Å²) in [6, 6.07) is 3.23. The third-order valence-corrected chi connectivity index (χ3v) is 13.5. The molecule has 56 heavy (non-hydrogen) atoms. The first-order chi connectivity index (χ1) is 26.8. The summed E-state index contributed by atoms with van der Waals surface area (Å²) in [7, 11) is -3.95. The van der Waals surface area contributed by atoms with Crippen molar-refractivity contribution in [2.24, 2.45) is 11.8 Å². The molecule has 2 aromatic rings. The second kappa shape index (κ2) is 17.7. The highest BCUT2D eigenvalue weighted by Crippen LogP contribution is 2.34. The summed E-state index contributed by atoms with van der Waals surface area (Å²) < 4.78 is 34.4. The number of pyridine rings is 2. The molecule has 0 unspecified atom stereocenters. The van der Waals surface area contributed by atoms with Crippen molar-refractivity contribution in [2.45, 2.75) is 113 Å². The summed E-state index contributed by atoms with van der Waals surface area (Å²) in [6.45, 7) is 8.14. The zero-order valence-electron chi connectivity index (χ0n) is 32.3. The van der Waals surface area contributed by atoms with E-state index in [2.05, 4.69) is 26.9 Å². The van der Waals surface area contributed by atoms with Gasteiger partial charge in [0.2, 0.25) is 27.7 Å². The molecule has 0 aromatic carbocycles. The Labute approximate surface area is 328 Å². The van der Waals surface area contributed by atoms with Crippen molar-refractivity contribution >= 4 is 50.9 Å². The number of carbonyl (C=O) groups excluding carboxylic acids is 4. The third-order valence-electron chi connectivity index (χ3n) is 11.7. The first-order valence-corrected chi connectivity index (χ1v) is 21.5. The number of urea groups is 1. The minimum absolute atomic E-state index is 0.0190. The second-order valence-electron chi connectivity index (χ2n) is 15.7. The molecule has 5 atom stereocenters. The standard InChI is InChI=1S/C40H55N7O8S/c1-4-26(2)40(3,38(51)45-56(53,54)31-17-18-31)44-35(49)32-24-30(55-36-29(15-6-5-11-22-48)23-28-16-12-19-41-34(28)43-36)25-47(32)37(50)33(27-13-7-8-14-27)42-39(52)46-20-9-10-21-46/h4,6,12,15-16,19,23,26-27,30-33,48H,1,5,7-11,13-14,17-18,20-22,24-25H2,2-3H3,(H,42,52)(H,44,49)(H,45,51)/b15-6+/t26-,30+,32-,33-,40+/m0/s1. The maximum atomic E-state index is 14.8. The smallest absolute Gasteiger partial charge is 0.318 e. The quantitative estimate of drug-likeness (QED) is 0.144. The van der Waals surface area contributed by atoms with E-state index in [0.717, 1.165) is 43.9 Å². The van der Waals surface area contributed by atoms with Crippen molar-refractivity contribution in [1.29, 1.82) is 0 Å². The second-order valence-corrected chi connectivity index (χ2v) is 17.7. The number of fused-ring (bicyclic) bond motifs is 1. The Morgan fingerprint density at radius 3 is 2.54 bits per heavy atom. The van der Waals surface area contributed by atoms with Crippen molar-refractivity contribution in [3.63, 3.8) is 0 Å². The van der Waals surface area contributed by atoms with Gasteiger partial charge in [-0.3, -0.25) is 19.1 Å². The summed E-state index contributed by atoms with van der Waals surface area (Å²) in [5, 5.41) is 15.3. The minimum atomic E-state index is -3.95. The molecular weight excluding hydrogens is 739 g/mol. The number of hydrogen-bond donors (Lipinski definition) is 4. The van der Waals surface area contributed by atoms with Crippen LogP contribution in [0.4, 0.5) is 4.79 Å². The molecule has 4 N–H and O–H groups in total. The maximum Gasteiger partial charge on any atom is 0.318 e. The van der Waals surface area contributed by atoms with Gasteiger partial charge in [-0.1, -0.05) is 38.0 Å². The molecular formula is C40H55N7O8S. The largest absolute Gasteiger partial charge is 0.472 e. The number of likely N-dealkylation sites (tertiary alicyclic amines) is 2. The van der Waals surface area contributed by atoms with Crippen LogP contribution in [-0.2, 0) is 24.4 Å². The highest BCUT2D eigenvalue weighted by molar-refractivity contribution is 7.91. The number of hydrogen-bond acceptors (Lipinski definition) is 10. The van der Waals surface area contributed by atoms with Crippen LogP contribution < -0.4 is 20.1 Å². The molecule has 0 radical (unpaired) electrons. The predicted octanol–water partition coefficient (Wildman–Crippen LogP) is 3.43. The van der Waals surface area contributed by atoms with Gasteiger partial charge in [-0.05, 0) is 82.4 Å². The Balaban J connectivity index is 1.32. The van der Waals surface area contributed by atoms with Crippen LogP contribution in [0.3, 0.4) is 0 Å². The van der Waals surface area contributed by atoms with E-state index >= 15 is 0 Å². The molecule has 15 nitrogen and oxygen atoms in total. The fourth-order valence-electron chi connectivity index (χ4n) is 7.82. The number of ether oxygens (including phenoxy) is 1. The SMILES string of the molecule is C=C[C@H](C)[C@@](C)(NC(=O)[C@@H]1C[C@@H](Oc2nc3ncccc3cc2/C=C/CCCO)CN1C(=O)[C@@H](NC(=O)N1CCCC1)C1CCCC1)C(=O)NS(=O)(=O)C1CC1. The molecule has 2 saturated heterocycles. The third kappa shape index (κ3) is 9.34. The Hall–Kier alpha value is -4.57. The molecule has 2 aromatic heterocycles. The van der Waals surface area contributed by atoms with E-state index in [0.29, 0.717) is 50.0 Å². The molecule has 16 heteroatoms. The van der Waals surface area contributed by atoms with Crippen LogP contribution in [0.15, 0.2) is 43.1 Å². The van der Waals surface area contributed by atoms with Gasteiger partial charge >= 0.3 is 6.03 Å². The molecule has 5 amide bonds. The van der Waals surface area contributed by atoms with Gasteiger partial charge in [0.1, 0.15) is 23.7 Å². The van der Waals surface area contributed by atoms with Crippen LogP contribution in [0.5, 0.6) is 5.88 Å². The first kappa shape index (κ1) is 41.1. The van der Waals surface area contributed by atoms with E-state index in [-0.39, 0.29) is 37.4 Å². The summed E-state index contributed by atoms with van der Waals surface area (Å²) >= 11 is 0. The van der Waals surface area contributed by atoms with E-state index in [1.165, 1.54) is 17.9 Å². The van der Waals surface area contributed by atoms with Gasteiger partial charge in [-0.25, -0.2) is 18.2 Å². The molecule has 0 spiro atoms. The number of carbonyl (C=O) groups is 4. The van der Waals surface area contributed by atoms with E-state index in [9.17, 15) is 32.7 Å². The van der Waals surface area contributed by atoms with Crippen molar-refractivity contribution in [2.75, 3.05) is 26.2 Å². The van der Waals surface area contributed by atoms with Crippen molar-refractivity contribution in [1.82, 2.24) is 35.1 Å². The van der Waals surface area contributed by atoms with E-state index in [1.54, 1.807) is 24.1 Å². The molecule has 6 rings (SSSR count). The fraction of sp³-hybridized carbons (Fsp3) is 0.600. The summed E-state index contributed by atoms with van der Waals surface area (Å²) in [4.78, 5) is 68.8. The molecule has 4 aliphatic rings. The number of aliphatic hydroxyl groups excluding tert-OH is 1. The summed E-state index contributed by atoms with van der Waals surface area (Å²) in [5.41, 5.74) is -0.652. The average molecular weight is 794 g/mol. The van der Waals surface area contributed by atoms with E-state index < -0.39 is 62.6 Å². The van der Waals surface area contributed by atoms with E-state index in [4.69, 9.17) is 9.72 Å². The highest BCUT2D eigenvalue weighted by Gasteiger charge is 2.49. The van der Waals surface area contributed by atoms with Gasteiger partial charge in [-0.2, -0.15) is 4.98 Å². The molecule has 2 aliphatic heterocycles. The van der Waals surface area contributed by atoms with Gasteiger partial charge in [-0.15, -0.1) is 6.58 Å². The predicted molar refractivity (Wildman–Crippen MR) is 211 cm³/mol. The van der Waals surface area contributed by atoms with Crippen molar-refractivity contribution < 1.29 is 37.4 Å². The highest BCUT2D eigenvalue weighted by atomic mass is 32.2. The van der Waals surface area contributed by atoms with E-state index in [1.807, 2.05) is 24.3 Å². The van der Waals surface area contributed by atoms with Gasteiger partial charge in [0, 0.05) is 49.2 Å². The average Bonchev–Trinajstić information content (AvgIpc) is 3.52. The van der Waals surface area contributed by atoms with Crippen LogP contribution in [0.2, 0.25) is 0 Å². The molecule has 2 aliphatic carbocycles. The van der Waals surface area contributed by atoms with Crippen LogP contribution in [0.25, 0.3) is 17.1 Å². The van der Waals surface area contributed by atoms with Gasteiger partial charge in [0.05, 0.1) is 11.8 Å².